The van der Waals surface area contributed by atoms with Gasteiger partial charge in [0.1, 0.15) is 0 Å². The van der Waals surface area contributed by atoms with E-state index in [1.165, 1.54) is 11.1 Å². The van der Waals surface area contributed by atoms with Gasteiger partial charge in [-0.25, -0.2) is 0 Å². The van der Waals surface area contributed by atoms with E-state index >= 15 is 0 Å². The quantitative estimate of drug-likeness (QED) is 0.709. The van der Waals surface area contributed by atoms with E-state index in [2.05, 4.69) is 53.8 Å². The third-order valence-corrected chi connectivity index (χ3v) is 2.49. The van der Waals surface area contributed by atoms with Crippen LogP contribution < -0.4 is 0 Å². The molecule has 0 unspecified atom stereocenters. The van der Waals surface area contributed by atoms with E-state index in [0.717, 1.165) is 0 Å². The molecule has 0 aromatic heterocycles. The van der Waals surface area contributed by atoms with Crippen molar-refractivity contribution in [2.24, 2.45) is 0 Å². The molecule has 0 aliphatic carbocycles. The van der Waals surface area contributed by atoms with Crippen LogP contribution in [0.4, 0.5) is 0 Å². The van der Waals surface area contributed by atoms with Crippen LogP contribution in [0, 0.1) is 0 Å². The molecule has 2 aromatic carbocycles. The second kappa shape index (κ2) is 4.76. The first-order valence-corrected chi connectivity index (χ1v) is 5.10. The number of hydrogen-bond donors (Lipinski definition) is 0. The SMILES string of the molecule is C[N-]C(c1ccccc1)c1ccccc1. The Morgan fingerprint density at radius 1 is 0.733 bits per heavy atom. The Morgan fingerprint density at radius 2 is 1.13 bits per heavy atom. The van der Waals surface area contributed by atoms with Crippen LogP contribution >= 0.6 is 0 Å². The average molecular weight is 196 g/mol. The van der Waals surface area contributed by atoms with Gasteiger partial charge in [-0.15, -0.1) is 0 Å². The van der Waals surface area contributed by atoms with Crippen LogP contribution in [-0.4, -0.2) is 7.05 Å². The van der Waals surface area contributed by atoms with Crippen molar-refractivity contribution in [1.29, 1.82) is 0 Å². The van der Waals surface area contributed by atoms with Crippen molar-refractivity contribution in [2.45, 2.75) is 6.04 Å². The standard InChI is InChI=1S/C14H14N/c1-15-14(12-8-4-2-5-9-12)13-10-6-3-7-11-13/h2-11,14H,1H3/q-1. The number of nitrogens with zero attached hydrogens (tertiary/aromatic N) is 1. The minimum atomic E-state index is 0.160. The maximum atomic E-state index is 4.43. The van der Waals surface area contributed by atoms with Gasteiger partial charge in [-0.05, 0) is 0 Å². The van der Waals surface area contributed by atoms with Crippen molar-refractivity contribution in [3.63, 3.8) is 0 Å². The fraction of sp³-hybridized carbons (Fsp3) is 0.143. The maximum absolute atomic E-state index is 4.43. The van der Waals surface area contributed by atoms with Crippen LogP contribution in [0.1, 0.15) is 17.2 Å². The summed E-state index contributed by atoms with van der Waals surface area (Å²) in [6.45, 7) is 0. The van der Waals surface area contributed by atoms with Gasteiger partial charge in [-0.2, -0.15) is 7.05 Å². The molecule has 0 fully saturated rings. The molecule has 0 saturated carbocycles. The lowest BCUT2D eigenvalue weighted by Crippen LogP contribution is -1.98. The zero-order valence-corrected chi connectivity index (χ0v) is 8.80. The van der Waals surface area contributed by atoms with Gasteiger partial charge in [0.25, 0.3) is 0 Å². The summed E-state index contributed by atoms with van der Waals surface area (Å²) in [5.41, 5.74) is 2.48. The van der Waals surface area contributed by atoms with Crippen molar-refractivity contribution in [1.82, 2.24) is 0 Å². The topological polar surface area (TPSA) is 14.1 Å². The highest BCUT2D eigenvalue weighted by molar-refractivity contribution is 5.35. The van der Waals surface area contributed by atoms with E-state index in [1.807, 2.05) is 19.2 Å². The molecule has 76 valence electrons. The molecule has 1 heteroatoms. The normalized spacial score (nSPS) is 10.5. The summed E-state index contributed by atoms with van der Waals surface area (Å²) in [5, 5.41) is 4.43. The first kappa shape index (κ1) is 9.94. The van der Waals surface area contributed by atoms with E-state index in [0.29, 0.717) is 0 Å². The lowest BCUT2D eigenvalue weighted by atomic mass is 9.99. The van der Waals surface area contributed by atoms with Gasteiger partial charge in [0.05, 0.1) is 0 Å². The molecule has 0 aliphatic heterocycles. The molecule has 2 rings (SSSR count). The lowest BCUT2D eigenvalue weighted by Gasteiger charge is -2.29. The first-order valence-electron chi connectivity index (χ1n) is 5.10. The minimum absolute atomic E-state index is 0.160. The van der Waals surface area contributed by atoms with Gasteiger partial charge in [-0.3, -0.25) is 0 Å². The van der Waals surface area contributed by atoms with Crippen molar-refractivity contribution in [3.8, 4) is 0 Å². The van der Waals surface area contributed by atoms with E-state index in [4.69, 9.17) is 0 Å². The van der Waals surface area contributed by atoms with Crippen molar-refractivity contribution in [2.75, 3.05) is 7.05 Å². The molecule has 0 amide bonds. The number of rotatable bonds is 3. The van der Waals surface area contributed by atoms with Crippen LogP contribution in [0.25, 0.3) is 5.32 Å². The molecule has 0 atom stereocenters. The summed E-state index contributed by atoms with van der Waals surface area (Å²) in [5.74, 6) is 0. The molecule has 0 aliphatic rings. The van der Waals surface area contributed by atoms with E-state index < -0.39 is 0 Å². The molecule has 0 spiro atoms. The molecule has 0 saturated heterocycles. The number of hydrogen-bond acceptors (Lipinski definition) is 0. The highest BCUT2D eigenvalue weighted by Gasteiger charge is 2.01. The predicted octanol–water partition coefficient (Wildman–Crippen LogP) is 3.78. The fourth-order valence-electron chi connectivity index (χ4n) is 1.76. The van der Waals surface area contributed by atoms with Gasteiger partial charge in [0.15, 0.2) is 0 Å². The highest BCUT2D eigenvalue weighted by Crippen LogP contribution is 2.27. The second-order valence-corrected chi connectivity index (χ2v) is 3.48. The van der Waals surface area contributed by atoms with Gasteiger partial charge in [0.2, 0.25) is 0 Å². The second-order valence-electron chi connectivity index (χ2n) is 3.48. The molecular formula is C14H14N-. The van der Waals surface area contributed by atoms with Crippen molar-refractivity contribution >= 4 is 0 Å². The Bertz CT molecular complexity index is 355. The summed E-state index contributed by atoms with van der Waals surface area (Å²) in [6, 6.07) is 20.9. The van der Waals surface area contributed by atoms with Crippen molar-refractivity contribution in [3.05, 3.63) is 77.1 Å². The van der Waals surface area contributed by atoms with Gasteiger partial charge >= 0.3 is 0 Å². The van der Waals surface area contributed by atoms with Crippen LogP contribution in [0.3, 0.4) is 0 Å². The Morgan fingerprint density at radius 3 is 1.47 bits per heavy atom. The van der Waals surface area contributed by atoms with Crippen LogP contribution in [0.5, 0.6) is 0 Å². The predicted molar refractivity (Wildman–Crippen MR) is 64.0 cm³/mol. The maximum Gasteiger partial charge on any atom is -0.0602 e. The molecule has 0 bridgehead atoms. The Labute approximate surface area is 90.8 Å². The zero-order chi connectivity index (χ0) is 10.5. The summed E-state index contributed by atoms with van der Waals surface area (Å²) in [4.78, 5) is 0. The Kier molecular flexibility index (Phi) is 3.15. The summed E-state index contributed by atoms with van der Waals surface area (Å²) in [7, 11) is 1.87. The Balaban J connectivity index is 2.34. The Hall–Kier alpha value is -1.60. The third kappa shape index (κ3) is 2.25. The average Bonchev–Trinajstić information content (AvgIpc) is 2.33. The van der Waals surface area contributed by atoms with E-state index in [9.17, 15) is 0 Å². The fourth-order valence-corrected chi connectivity index (χ4v) is 1.76. The van der Waals surface area contributed by atoms with Crippen molar-refractivity contribution < 1.29 is 0 Å². The summed E-state index contributed by atoms with van der Waals surface area (Å²) in [6.07, 6.45) is 0. The highest BCUT2D eigenvalue weighted by atomic mass is 14.9. The van der Waals surface area contributed by atoms with Gasteiger partial charge < -0.3 is 5.32 Å². The zero-order valence-electron chi connectivity index (χ0n) is 8.80. The molecule has 15 heavy (non-hydrogen) atoms. The van der Waals surface area contributed by atoms with Crippen LogP contribution in [0.15, 0.2) is 60.7 Å². The summed E-state index contributed by atoms with van der Waals surface area (Å²) >= 11 is 0. The monoisotopic (exact) mass is 196 g/mol. The van der Waals surface area contributed by atoms with Crippen LogP contribution in [0.2, 0.25) is 0 Å². The van der Waals surface area contributed by atoms with Crippen LogP contribution in [-0.2, 0) is 0 Å². The molecule has 2 aromatic rings. The van der Waals surface area contributed by atoms with Gasteiger partial charge in [-0.1, -0.05) is 77.8 Å². The molecule has 0 radical (unpaired) electrons. The molecular weight excluding hydrogens is 182 g/mol. The lowest BCUT2D eigenvalue weighted by molar-refractivity contribution is 0.971. The molecule has 1 nitrogen and oxygen atoms in total. The molecule has 0 heterocycles. The van der Waals surface area contributed by atoms with E-state index in [-0.39, 0.29) is 6.04 Å². The van der Waals surface area contributed by atoms with Gasteiger partial charge in [0, 0.05) is 0 Å². The van der Waals surface area contributed by atoms with E-state index in [1.54, 1.807) is 0 Å². The number of benzene rings is 2. The third-order valence-electron chi connectivity index (χ3n) is 2.49. The largest absolute Gasteiger partial charge is 0.655 e. The smallest absolute Gasteiger partial charge is 0.0602 e. The first-order chi connectivity index (χ1) is 7.42. The minimum Gasteiger partial charge on any atom is -0.655 e. The molecule has 0 N–H and O–H groups in total. The summed E-state index contributed by atoms with van der Waals surface area (Å²) < 4.78 is 0.